The van der Waals surface area contributed by atoms with E-state index in [2.05, 4.69) is 16.1 Å². The summed E-state index contributed by atoms with van der Waals surface area (Å²) in [5.41, 5.74) is 2.14. The fourth-order valence-electron chi connectivity index (χ4n) is 2.83. The third-order valence-electron chi connectivity index (χ3n) is 4.29. The minimum absolute atomic E-state index is 0.221. The molecular weight excluding hydrogens is 380 g/mol. The van der Waals surface area contributed by atoms with E-state index in [9.17, 15) is 19.2 Å². The number of hydrazine groups is 1. The minimum atomic E-state index is -0.864. The number of nitrogens with zero attached hydrogens (tertiary/aromatic N) is 1. The summed E-state index contributed by atoms with van der Waals surface area (Å²) in [5, 5.41) is 6.50. The smallest absolute Gasteiger partial charge is 0.408 e. The quantitative estimate of drug-likeness (QED) is 0.546. The highest BCUT2D eigenvalue weighted by Crippen LogP contribution is 2.11. The van der Waals surface area contributed by atoms with Crippen molar-refractivity contribution in [1.29, 1.82) is 0 Å². The summed E-state index contributed by atoms with van der Waals surface area (Å²) in [4.78, 5) is 49.1. The Morgan fingerprint density at radius 2 is 1.72 bits per heavy atom. The summed E-state index contributed by atoms with van der Waals surface area (Å²) in [7, 11) is 1.29. The van der Waals surface area contributed by atoms with Gasteiger partial charge in [0.15, 0.2) is 0 Å². The van der Waals surface area contributed by atoms with Crippen molar-refractivity contribution in [3.63, 3.8) is 0 Å². The van der Waals surface area contributed by atoms with Gasteiger partial charge in [-0.15, -0.1) is 0 Å². The number of amides is 3. The molecule has 1 fully saturated rings. The second-order valence-electron chi connectivity index (χ2n) is 8.44. The van der Waals surface area contributed by atoms with E-state index in [0.717, 1.165) is 0 Å². The first kappa shape index (κ1) is 24.7. The molecule has 0 aromatic carbocycles. The molecule has 0 saturated carbocycles. The van der Waals surface area contributed by atoms with E-state index in [1.807, 2.05) is 0 Å². The monoisotopic (exact) mass is 414 g/mol. The molecule has 0 aromatic rings. The second-order valence-corrected chi connectivity index (χ2v) is 8.44. The molecule has 29 heavy (non-hydrogen) atoms. The number of carbonyl (C=O) groups excluding carboxylic acids is 4. The fourth-order valence-corrected chi connectivity index (χ4v) is 2.83. The summed E-state index contributed by atoms with van der Waals surface area (Å²) in [5.74, 6) is -1.54. The van der Waals surface area contributed by atoms with Crippen LogP contribution in [0.25, 0.3) is 0 Å². The molecule has 10 nitrogen and oxygen atoms in total. The third kappa shape index (κ3) is 7.88. The van der Waals surface area contributed by atoms with Gasteiger partial charge in [0.1, 0.15) is 23.7 Å². The Kier molecular flexibility index (Phi) is 8.87. The van der Waals surface area contributed by atoms with Gasteiger partial charge in [0.2, 0.25) is 5.91 Å². The highest BCUT2D eigenvalue weighted by molar-refractivity contribution is 5.91. The Hall–Kier alpha value is -2.36. The van der Waals surface area contributed by atoms with Crippen molar-refractivity contribution in [1.82, 2.24) is 21.1 Å². The maximum absolute atomic E-state index is 12.7. The van der Waals surface area contributed by atoms with E-state index in [0.29, 0.717) is 19.4 Å². The topological polar surface area (TPSA) is 126 Å². The molecule has 1 aliphatic heterocycles. The van der Waals surface area contributed by atoms with E-state index >= 15 is 0 Å². The molecule has 10 heteroatoms. The first-order chi connectivity index (χ1) is 13.4. The van der Waals surface area contributed by atoms with Crippen LogP contribution in [0.5, 0.6) is 0 Å². The number of carbonyl (C=O) groups is 4. The van der Waals surface area contributed by atoms with Crippen LogP contribution in [0.4, 0.5) is 4.79 Å². The molecule has 166 valence electrons. The van der Waals surface area contributed by atoms with Crippen LogP contribution in [0, 0.1) is 5.92 Å². The van der Waals surface area contributed by atoms with Crippen LogP contribution in [0.1, 0.15) is 54.4 Å². The highest BCUT2D eigenvalue weighted by Gasteiger charge is 2.33. The SMILES string of the molecule is COC(=O)[C@@H]1CCCN(C(=O)C(C)NC(=O)[C@@H](NC(=O)OC(C)(C)C)C(C)C)N1. The molecule has 1 heterocycles. The number of esters is 1. The van der Waals surface area contributed by atoms with Crippen LogP contribution in [0.3, 0.4) is 0 Å². The minimum Gasteiger partial charge on any atom is -0.468 e. The van der Waals surface area contributed by atoms with Crippen LogP contribution >= 0.6 is 0 Å². The lowest BCUT2D eigenvalue weighted by Crippen LogP contribution is -2.61. The number of alkyl carbamates (subject to hydrolysis) is 1. The summed E-state index contributed by atoms with van der Waals surface area (Å²) in [6.45, 7) is 10.7. The Morgan fingerprint density at radius 3 is 2.24 bits per heavy atom. The third-order valence-corrected chi connectivity index (χ3v) is 4.29. The van der Waals surface area contributed by atoms with Crippen molar-refractivity contribution in [2.75, 3.05) is 13.7 Å². The molecule has 3 N–H and O–H groups in total. The van der Waals surface area contributed by atoms with Gasteiger partial charge in [-0.1, -0.05) is 13.8 Å². The van der Waals surface area contributed by atoms with Crippen LogP contribution in [-0.4, -0.2) is 66.3 Å². The summed E-state index contributed by atoms with van der Waals surface area (Å²) in [6, 6.07) is -2.32. The second kappa shape index (κ2) is 10.4. The number of methoxy groups -OCH3 is 1. The van der Waals surface area contributed by atoms with E-state index in [-0.39, 0.29) is 11.8 Å². The van der Waals surface area contributed by atoms with Crippen molar-refractivity contribution in [3.8, 4) is 0 Å². The lowest BCUT2D eigenvalue weighted by Gasteiger charge is -2.34. The first-order valence-electron chi connectivity index (χ1n) is 9.81. The molecule has 1 saturated heterocycles. The van der Waals surface area contributed by atoms with Gasteiger partial charge in [0.05, 0.1) is 7.11 Å². The van der Waals surface area contributed by atoms with Crippen molar-refractivity contribution < 1.29 is 28.7 Å². The molecule has 3 atom stereocenters. The molecule has 0 radical (unpaired) electrons. The Bertz CT molecular complexity index is 616. The number of ether oxygens (including phenoxy) is 2. The normalized spacial score (nSPS) is 19.2. The maximum atomic E-state index is 12.7. The maximum Gasteiger partial charge on any atom is 0.408 e. The number of nitrogens with one attached hydrogen (secondary N) is 3. The highest BCUT2D eigenvalue weighted by atomic mass is 16.6. The molecular formula is C19H34N4O6. The molecule has 0 aromatic heterocycles. The van der Waals surface area contributed by atoms with Crippen LogP contribution in [0.15, 0.2) is 0 Å². The van der Waals surface area contributed by atoms with Crippen molar-refractivity contribution in [3.05, 3.63) is 0 Å². The van der Waals surface area contributed by atoms with Gasteiger partial charge in [-0.05, 0) is 46.5 Å². The van der Waals surface area contributed by atoms with Crippen LogP contribution in [0.2, 0.25) is 0 Å². The Balaban J connectivity index is 2.70. The molecule has 1 unspecified atom stereocenters. The van der Waals surface area contributed by atoms with Gasteiger partial charge in [-0.2, -0.15) is 0 Å². The van der Waals surface area contributed by atoms with E-state index in [1.165, 1.54) is 12.1 Å². The zero-order chi connectivity index (χ0) is 22.4. The average Bonchev–Trinajstić information content (AvgIpc) is 2.63. The molecule has 1 rings (SSSR count). The zero-order valence-corrected chi connectivity index (χ0v) is 18.3. The number of hydrogen-bond donors (Lipinski definition) is 3. The first-order valence-corrected chi connectivity index (χ1v) is 9.81. The van der Waals surface area contributed by atoms with Crippen molar-refractivity contribution >= 4 is 23.9 Å². The molecule has 0 bridgehead atoms. The van der Waals surface area contributed by atoms with Gasteiger partial charge in [-0.3, -0.25) is 19.4 Å². The average molecular weight is 415 g/mol. The van der Waals surface area contributed by atoms with Gasteiger partial charge in [0, 0.05) is 6.54 Å². The van der Waals surface area contributed by atoms with Crippen LogP contribution < -0.4 is 16.1 Å². The molecule has 1 aliphatic rings. The van der Waals surface area contributed by atoms with Gasteiger partial charge < -0.3 is 20.1 Å². The molecule has 0 aliphatic carbocycles. The summed E-state index contributed by atoms with van der Waals surface area (Å²) in [6.07, 6.45) is 0.490. The predicted molar refractivity (Wildman–Crippen MR) is 105 cm³/mol. The molecule has 3 amide bonds. The molecule has 0 spiro atoms. The standard InChI is InChI=1S/C19H34N4O6/c1-11(2)14(21-18(27)29-19(4,5)6)15(24)20-12(3)16(25)23-10-8-9-13(22-23)17(26)28-7/h11-14,22H,8-10H2,1-7H3,(H,20,24)(H,21,27)/t12?,13-,14-/m0/s1. The van der Waals surface area contributed by atoms with Crippen LogP contribution in [-0.2, 0) is 23.9 Å². The number of rotatable bonds is 6. The van der Waals surface area contributed by atoms with Gasteiger partial charge in [-0.25, -0.2) is 10.2 Å². The van der Waals surface area contributed by atoms with Gasteiger partial charge >= 0.3 is 12.1 Å². The predicted octanol–water partition coefficient (Wildman–Crippen LogP) is 0.709. The van der Waals surface area contributed by atoms with E-state index < -0.39 is 41.7 Å². The Morgan fingerprint density at radius 1 is 1.10 bits per heavy atom. The largest absolute Gasteiger partial charge is 0.468 e. The summed E-state index contributed by atoms with van der Waals surface area (Å²) < 4.78 is 9.91. The van der Waals surface area contributed by atoms with Crippen molar-refractivity contribution in [2.24, 2.45) is 5.92 Å². The Labute approximate surface area is 172 Å². The number of hydrogen-bond acceptors (Lipinski definition) is 7. The summed E-state index contributed by atoms with van der Waals surface area (Å²) >= 11 is 0. The van der Waals surface area contributed by atoms with E-state index in [4.69, 9.17) is 9.47 Å². The van der Waals surface area contributed by atoms with E-state index in [1.54, 1.807) is 41.5 Å². The van der Waals surface area contributed by atoms with Crippen molar-refractivity contribution in [2.45, 2.75) is 78.1 Å². The zero-order valence-electron chi connectivity index (χ0n) is 18.3. The van der Waals surface area contributed by atoms with Gasteiger partial charge in [0.25, 0.3) is 5.91 Å². The lowest BCUT2D eigenvalue weighted by molar-refractivity contribution is -0.150. The lowest BCUT2D eigenvalue weighted by atomic mass is 10.0. The fraction of sp³-hybridized carbons (Fsp3) is 0.789.